The Balaban J connectivity index is 1.63. The van der Waals surface area contributed by atoms with Gasteiger partial charge in [0.15, 0.2) is 0 Å². The molecular formula is C22H29BrN2O2. The van der Waals surface area contributed by atoms with Crippen molar-refractivity contribution in [2.45, 2.75) is 39.8 Å². The molecule has 0 N–H and O–H groups in total. The average Bonchev–Trinajstić information content (AvgIpc) is 2.65. The number of benzene rings is 1. The molecule has 1 saturated heterocycles. The summed E-state index contributed by atoms with van der Waals surface area (Å²) in [5.74, 6) is 1.81. The molecule has 1 aromatic carbocycles. The van der Waals surface area contributed by atoms with Gasteiger partial charge in [-0.15, -0.1) is 0 Å². The van der Waals surface area contributed by atoms with Crippen molar-refractivity contribution < 1.29 is 4.74 Å². The van der Waals surface area contributed by atoms with Gasteiger partial charge in [0, 0.05) is 25.8 Å². The number of pyridine rings is 1. The minimum Gasteiger partial charge on any atom is -0.487 e. The zero-order valence-electron chi connectivity index (χ0n) is 16.2. The summed E-state index contributed by atoms with van der Waals surface area (Å²) in [5, 5.41) is 0. The highest BCUT2D eigenvalue weighted by atomic mass is 79.9. The quantitative estimate of drug-likeness (QED) is 0.642. The summed E-state index contributed by atoms with van der Waals surface area (Å²) < 4.78 is 8.17. The van der Waals surface area contributed by atoms with Crippen LogP contribution in [0, 0.1) is 11.8 Å². The summed E-state index contributed by atoms with van der Waals surface area (Å²) >= 11 is 3.45. The Labute approximate surface area is 170 Å². The van der Waals surface area contributed by atoms with Crippen LogP contribution in [0.4, 0.5) is 0 Å². The number of halogens is 1. The van der Waals surface area contributed by atoms with Crippen LogP contribution in [0.2, 0.25) is 0 Å². The number of likely N-dealkylation sites (tertiary alicyclic amines) is 1. The molecule has 1 aliphatic rings. The second-order valence-corrected chi connectivity index (χ2v) is 8.68. The fourth-order valence-corrected chi connectivity index (χ4v) is 4.26. The molecule has 0 bridgehead atoms. The Kier molecular flexibility index (Phi) is 7.13. The topological polar surface area (TPSA) is 34.5 Å². The van der Waals surface area contributed by atoms with Crippen LogP contribution in [-0.4, -0.2) is 29.1 Å². The smallest absolute Gasteiger partial charge is 0.268 e. The maximum absolute atomic E-state index is 12.8. The molecule has 1 fully saturated rings. The van der Waals surface area contributed by atoms with E-state index in [1.807, 2.05) is 47.2 Å². The Morgan fingerprint density at radius 3 is 2.74 bits per heavy atom. The summed E-state index contributed by atoms with van der Waals surface area (Å²) in [5.41, 5.74) is 1.07. The van der Waals surface area contributed by atoms with E-state index >= 15 is 0 Å². The fraction of sp³-hybridized carbons (Fsp3) is 0.500. The van der Waals surface area contributed by atoms with Crippen LogP contribution >= 0.6 is 15.9 Å². The third-order valence-corrected chi connectivity index (χ3v) is 5.72. The normalized spacial score (nSPS) is 18.0. The summed E-state index contributed by atoms with van der Waals surface area (Å²) in [6.45, 7) is 9.15. The number of hydrogen-bond acceptors (Lipinski definition) is 3. The monoisotopic (exact) mass is 432 g/mol. The molecule has 0 radical (unpaired) electrons. The molecule has 5 heteroatoms. The molecule has 2 heterocycles. The van der Waals surface area contributed by atoms with Crippen molar-refractivity contribution >= 4 is 15.9 Å². The number of aromatic nitrogens is 1. The molecule has 1 aromatic heterocycles. The van der Waals surface area contributed by atoms with E-state index in [1.54, 1.807) is 0 Å². The van der Waals surface area contributed by atoms with Gasteiger partial charge in [-0.2, -0.15) is 0 Å². The molecule has 1 unspecified atom stereocenters. The van der Waals surface area contributed by atoms with E-state index in [0.717, 1.165) is 25.2 Å². The fourth-order valence-electron chi connectivity index (χ4n) is 3.78. The van der Waals surface area contributed by atoms with E-state index in [0.29, 0.717) is 28.7 Å². The van der Waals surface area contributed by atoms with E-state index in [2.05, 4.69) is 34.7 Å². The van der Waals surface area contributed by atoms with Crippen LogP contribution in [0.1, 0.15) is 32.3 Å². The highest BCUT2D eigenvalue weighted by Gasteiger charge is 2.21. The lowest BCUT2D eigenvalue weighted by atomic mass is 9.97. The number of hydrogen-bond donors (Lipinski definition) is 0. The van der Waals surface area contributed by atoms with Gasteiger partial charge in [-0.1, -0.05) is 44.2 Å². The first kappa shape index (κ1) is 20.2. The first-order valence-electron chi connectivity index (χ1n) is 9.81. The predicted octanol–water partition coefficient (Wildman–Crippen LogP) is 4.56. The van der Waals surface area contributed by atoms with Gasteiger partial charge in [-0.05, 0) is 58.8 Å². The number of piperidine rings is 1. The first-order chi connectivity index (χ1) is 13.0. The minimum atomic E-state index is -0.0125. The van der Waals surface area contributed by atoms with E-state index < -0.39 is 0 Å². The maximum Gasteiger partial charge on any atom is 0.268 e. The van der Waals surface area contributed by atoms with Crippen LogP contribution in [-0.2, 0) is 13.2 Å². The van der Waals surface area contributed by atoms with E-state index in [1.165, 1.54) is 19.4 Å². The predicted molar refractivity (Wildman–Crippen MR) is 113 cm³/mol. The zero-order valence-corrected chi connectivity index (χ0v) is 17.8. The number of nitrogens with zero attached hydrogens (tertiary/aromatic N) is 2. The lowest BCUT2D eigenvalue weighted by Gasteiger charge is -2.34. The Bertz CT molecular complexity index is 789. The molecule has 0 amide bonds. The van der Waals surface area contributed by atoms with Crippen molar-refractivity contribution in [2.75, 3.05) is 19.6 Å². The largest absolute Gasteiger partial charge is 0.487 e. The zero-order chi connectivity index (χ0) is 19.2. The summed E-state index contributed by atoms with van der Waals surface area (Å²) in [7, 11) is 0. The molecule has 2 aromatic rings. The lowest BCUT2D eigenvalue weighted by Crippen LogP contribution is -2.40. The van der Waals surface area contributed by atoms with Crippen molar-refractivity contribution in [3.05, 3.63) is 63.0 Å². The van der Waals surface area contributed by atoms with Gasteiger partial charge >= 0.3 is 0 Å². The highest BCUT2D eigenvalue weighted by molar-refractivity contribution is 9.10. The van der Waals surface area contributed by atoms with Crippen molar-refractivity contribution in [1.29, 1.82) is 0 Å². The molecule has 1 atom stereocenters. The van der Waals surface area contributed by atoms with Gasteiger partial charge in [-0.25, -0.2) is 0 Å². The van der Waals surface area contributed by atoms with Crippen LogP contribution in [0.3, 0.4) is 0 Å². The standard InChI is InChI=1S/C22H29BrN2O2/c1-17(2)13-24-11-6-9-19(14-24)15-25-12-10-20(21(23)22(25)26)27-16-18-7-4-3-5-8-18/h3-5,7-8,10,12,17,19H,6,9,11,13-16H2,1-2H3. The van der Waals surface area contributed by atoms with E-state index in [4.69, 9.17) is 4.74 Å². The van der Waals surface area contributed by atoms with Gasteiger partial charge in [0.05, 0.1) is 0 Å². The molecular weight excluding hydrogens is 404 g/mol. The number of rotatable bonds is 7. The van der Waals surface area contributed by atoms with Crippen molar-refractivity contribution in [3.63, 3.8) is 0 Å². The maximum atomic E-state index is 12.8. The van der Waals surface area contributed by atoms with E-state index in [9.17, 15) is 4.79 Å². The van der Waals surface area contributed by atoms with Gasteiger partial charge in [0.1, 0.15) is 16.8 Å². The van der Waals surface area contributed by atoms with Crippen LogP contribution in [0.15, 0.2) is 51.9 Å². The van der Waals surface area contributed by atoms with Gasteiger partial charge in [0.25, 0.3) is 5.56 Å². The summed E-state index contributed by atoms with van der Waals surface area (Å²) in [4.78, 5) is 15.3. The minimum absolute atomic E-state index is 0.0125. The van der Waals surface area contributed by atoms with E-state index in [-0.39, 0.29) is 5.56 Å². The number of ether oxygens (including phenoxy) is 1. The van der Waals surface area contributed by atoms with Gasteiger partial charge in [0.2, 0.25) is 0 Å². The van der Waals surface area contributed by atoms with Gasteiger partial charge in [-0.3, -0.25) is 4.79 Å². The summed E-state index contributed by atoms with van der Waals surface area (Å²) in [6, 6.07) is 11.9. The Hall–Kier alpha value is -1.59. The third kappa shape index (κ3) is 5.69. The van der Waals surface area contributed by atoms with Crippen molar-refractivity contribution in [3.8, 4) is 5.75 Å². The first-order valence-corrected chi connectivity index (χ1v) is 10.6. The SMILES string of the molecule is CC(C)CN1CCCC(Cn2ccc(OCc3ccccc3)c(Br)c2=O)C1. The third-order valence-electron chi connectivity index (χ3n) is 4.99. The lowest BCUT2D eigenvalue weighted by molar-refractivity contribution is 0.147. The molecule has 0 saturated carbocycles. The van der Waals surface area contributed by atoms with Crippen LogP contribution in [0.5, 0.6) is 5.75 Å². The van der Waals surface area contributed by atoms with Crippen molar-refractivity contribution in [2.24, 2.45) is 11.8 Å². The Morgan fingerprint density at radius 2 is 2.00 bits per heavy atom. The second kappa shape index (κ2) is 9.56. The molecule has 27 heavy (non-hydrogen) atoms. The van der Waals surface area contributed by atoms with Crippen LogP contribution in [0.25, 0.3) is 0 Å². The molecule has 146 valence electrons. The molecule has 4 nitrogen and oxygen atoms in total. The summed E-state index contributed by atoms with van der Waals surface area (Å²) in [6.07, 6.45) is 4.27. The molecule has 0 spiro atoms. The molecule has 3 rings (SSSR count). The van der Waals surface area contributed by atoms with Crippen LogP contribution < -0.4 is 10.3 Å². The second-order valence-electron chi connectivity index (χ2n) is 7.89. The molecule has 1 aliphatic heterocycles. The van der Waals surface area contributed by atoms with Gasteiger partial charge < -0.3 is 14.2 Å². The highest BCUT2D eigenvalue weighted by Crippen LogP contribution is 2.23. The van der Waals surface area contributed by atoms with Crippen molar-refractivity contribution in [1.82, 2.24) is 9.47 Å². The molecule has 0 aliphatic carbocycles. The Morgan fingerprint density at radius 1 is 1.22 bits per heavy atom. The average molecular weight is 433 g/mol.